The van der Waals surface area contributed by atoms with Gasteiger partial charge in [0.2, 0.25) is 0 Å². The minimum Gasteiger partial charge on any atom is -0.497 e. The van der Waals surface area contributed by atoms with Crippen LogP contribution in [0.5, 0.6) is 11.5 Å². The van der Waals surface area contributed by atoms with Crippen LogP contribution >= 0.6 is 22.7 Å². The van der Waals surface area contributed by atoms with Gasteiger partial charge in [0.05, 0.1) is 25.6 Å². The van der Waals surface area contributed by atoms with Crippen molar-refractivity contribution in [2.45, 2.75) is 0 Å². The number of amides is 1. The van der Waals surface area contributed by atoms with E-state index in [4.69, 9.17) is 20.2 Å². The van der Waals surface area contributed by atoms with Crippen LogP contribution in [0.2, 0.25) is 0 Å². The van der Waals surface area contributed by atoms with Crippen LogP contribution in [0, 0.1) is 0 Å². The van der Waals surface area contributed by atoms with Crippen LogP contribution in [0.3, 0.4) is 0 Å². The highest BCUT2D eigenvalue weighted by Crippen LogP contribution is 2.45. The third-order valence-electron chi connectivity index (χ3n) is 8.04. The number of fused-ring (bicyclic) bond motifs is 2. The van der Waals surface area contributed by atoms with Gasteiger partial charge >= 0.3 is 0 Å². The van der Waals surface area contributed by atoms with Crippen molar-refractivity contribution in [1.29, 1.82) is 0 Å². The molecule has 0 atom stereocenters. The van der Waals surface area contributed by atoms with Gasteiger partial charge in [-0.2, -0.15) is 0 Å². The number of carbonyl (C=O) groups is 2. The van der Waals surface area contributed by atoms with E-state index in [0.29, 0.717) is 43.5 Å². The van der Waals surface area contributed by atoms with Gasteiger partial charge in [-0.05, 0) is 82.4 Å². The molecule has 0 saturated heterocycles. The van der Waals surface area contributed by atoms with E-state index in [1.807, 2.05) is 66.0 Å². The summed E-state index contributed by atoms with van der Waals surface area (Å²) in [5.41, 5.74) is 11.4. The first-order valence-corrected chi connectivity index (χ1v) is 16.7. The Morgan fingerprint density at radius 1 is 0.833 bits per heavy atom. The number of nitrogens with two attached hydrogens (primary N) is 1. The summed E-state index contributed by atoms with van der Waals surface area (Å²) >= 11 is 2.79. The van der Waals surface area contributed by atoms with Gasteiger partial charge in [0, 0.05) is 38.7 Å². The third-order valence-corrected chi connectivity index (χ3v) is 9.97. The third kappa shape index (κ3) is 5.92. The number of methoxy groups -OCH3 is 2. The van der Waals surface area contributed by atoms with E-state index in [2.05, 4.69) is 23.5 Å². The van der Waals surface area contributed by atoms with Crippen molar-refractivity contribution in [2.24, 2.45) is 0 Å². The summed E-state index contributed by atoms with van der Waals surface area (Å²) in [5, 5.41) is 7.72. The minimum atomic E-state index is -0.369. The lowest BCUT2D eigenvalue weighted by molar-refractivity contribution is 0.102. The predicted octanol–water partition coefficient (Wildman–Crippen LogP) is 9.59. The topological polar surface area (TPSA) is 104 Å². The molecule has 3 N–H and O–H groups in total. The minimum absolute atomic E-state index is 0.121. The average Bonchev–Trinajstić information content (AvgIpc) is 3.77. The molecule has 1 amide bonds. The summed E-state index contributed by atoms with van der Waals surface area (Å²) in [7, 11) is 3.21. The number of carbonyl (C=O) groups excluding carboxylic acids is 2. The second kappa shape index (κ2) is 13.2. The molecule has 3 aromatic heterocycles. The van der Waals surface area contributed by atoms with Crippen molar-refractivity contribution in [1.82, 2.24) is 4.98 Å². The maximum absolute atomic E-state index is 13.7. The van der Waals surface area contributed by atoms with Crippen LogP contribution in [-0.2, 0) is 0 Å². The molecule has 0 aliphatic carbocycles. The number of pyridine rings is 1. The zero-order valence-corrected chi connectivity index (χ0v) is 27.7. The van der Waals surface area contributed by atoms with E-state index in [1.165, 1.54) is 11.3 Å². The lowest BCUT2D eigenvalue weighted by atomic mass is 9.96. The molecular weight excluding hydrogens is 639 g/mol. The van der Waals surface area contributed by atoms with E-state index in [9.17, 15) is 9.59 Å². The van der Waals surface area contributed by atoms with Gasteiger partial charge in [-0.1, -0.05) is 48.5 Å². The Morgan fingerprint density at radius 3 is 2.42 bits per heavy atom. The summed E-state index contributed by atoms with van der Waals surface area (Å²) in [4.78, 5) is 33.4. The van der Waals surface area contributed by atoms with Crippen LogP contribution in [-0.4, -0.2) is 30.9 Å². The van der Waals surface area contributed by atoms with Crippen LogP contribution in [0.25, 0.3) is 49.4 Å². The number of hydrogen-bond donors (Lipinski definition) is 2. The van der Waals surface area contributed by atoms with Gasteiger partial charge in [-0.3, -0.25) is 9.59 Å². The number of nitrogens with zero attached hydrogens (tertiary/aromatic N) is 1. The molecule has 236 valence electrons. The SMILES string of the molecule is COc1ccc(-c2cc(-c3cccc4ccccc34)nc3sc(C(=O)Nc4ccc(C(=O)C=Cc5cccs5)cc4)c(N)c23)c(OC)c1. The van der Waals surface area contributed by atoms with Crippen LogP contribution in [0.4, 0.5) is 11.4 Å². The fourth-order valence-electron chi connectivity index (χ4n) is 5.66. The average molecular weight is 668 g/mol. The second-order valence-corrected chi connectivity index (χ2v) is 12.9. The quantitative estimate of drug-likeness (QED) is 0.117. The van der Waals surface area contributed by atoms with E-state index >= 15 is 0 Å². The molecule has 7 rings (SSSR count). The van der Waals surface area contributed by atoms with Crippen molar-refractivity contribution in [3.8, 4) is 33.9 Å². The fourth-order valence-corrected chi connectivity index (χ4v) is 7.29. The lowest BCUT2D eigenvalue weighted by Gasteiger charge is -2.14. The van der Waals surface area contributed by atoms with Crippen molar-refractivity contribution >= 4 is 72.8 Å². The standard InChI is InChI=1S/C39H29N3O4S2/c1-45-26-16-18-30(34(21-26)46-2)31-22-32(29-11-5-8-23-7-3-4-10-28(23)29)42-39-35(31)36(40)37(48-39)38(44)41-25-14-12-24(13-15-25)33(43)19-17-27-9-6-20-47-27/h3-22H,40H2,1-2H3,(H,41,44). The molecule has 0 aliphatic heterocycles. The van der Waals surface area contributed by atoms with E-state index in [1.54, 1.807) is 62.0 Å². The highest BCUT2D eigenvalue weighted by Gasteiger charge is 2.24. The van der Waals surface area contributed by atoms with Crippen LogP contribution < -0.4 is 20.5 Å². The van der Waals surface area contributed by atoms with E-state index in [0.717, 1.165) is 38.0 Å². The number of ketones is 1. The number of ether oxygens (including phenoxy) is 2. The van der Waals surface area contributed by atoms with Crippen molar-refractivity contribution < 1.29 is 19.1 Å². The number of nitrogens with one attached hydrogen (secondary N) is 1. The van der Waals surface area contributed by atoms with Crippen molar-refractivity contribution in [2.75, 3.05) is 25.3 Å². The lowest BCUT2D eigenvalue weighted by Crippen LogP contribution is -2.12. The molecule has 0 fully saturated rings. The molecule has 7 aromatic rings. The molecule has 9 heteroatoms. The van der Waals surface area contributed by atoms with Gasteiger partial charge in [0.25, 0.3) is 5.91 Å². The number of hydrogen-bond acceptors (Lipinski definition) is 8. The predicted molar refractivity (Wildman–Crippen MR) is 198 cm³/mol. The van der Waals surface area contributed by atoms with Gasteiger partial charge in [0.15, 0.2) is 5.78 Å². The Labute approximate surface area is 284 Å². The summed E-state index contributed by atoms with van der Waals surface area (Å²) in [5.74, 6) is 0.762. The Balaban J connectivity index is 1.28. The normalized spacial score (nSPS) is 11.3. The van der Waals surface area contributed by atoms with Gasteiger partial charge in [0.1, 0.15) is 21.2 Å². The summed E-state index contributed by atoms with van der Waals surface area (Å²) in [6.07, 6.45) is 3.34. The van der Waals surface area contributed by atoms with Crippen molar-refractivity contribution in [3.05, 3.63) is 130 Å². The molecule has 0 bridgehead atoms. The number of thiophene rings is 2. The number of nitrogen functional groups attached to an aromatic ring is 1. The molecule has 0 radical (unpaired) electrons. The molecule has 0 saturated carbocycles. The molecule has 48 heavy (non-hydrogen) atoms. The van der Waals surface area contributed by atoms with Gasteiger partial charge in [-0.15, -0.1) is 22.7 Å². The molecular formula is C39H29N3O4S2. The zero-order chi connectivity index (χ0) is 33.2. The monoisotopic (exact) mass is 667 g/mol. The number of aromatic nitrogens is 1. The molecule has 3 heterocycles. The highest BCUT2D eigenvalue weighted by atomic mass is 32.1. The Kier molecular flexibility index (Phi) is 8.46. The maximum atomic E-state index is 13.7. The largest absolute Gasteiger partial charge is 0.497 e. The molecule has 0 aliphatic rings. The van der Waals surface area contributed by atoms with Gasteiger partial charge in [-0.25, -0.2) is 4.98 Å². The number of anilines is 2. The first kappa shape index (κ1) is 30.9. The number of allylic oxidation sites excluding steroid dienone is 1. The summed E-state index contributed by atoms with van der Waals surface area (Å²) < 4.78 is 11.2. The highest BCUT2D eigenvalue weighted by molar-refractivity contribution is 7.21. The van der Waals surface area contributed by atoms with Gasteiger partial charge < -0.3 is 20.5 Å². The Morgan fingerprint density at radius 2 is 1.65 bits per heavy atom. The molecule has 4 aromatic carbocycles. The zero-order valence-electron chi connectivity index (χ0n) is 26.0. The van der Waals surface area contributed by atoms with E-state index in [-0.39, 0.29) is 11.7 Å². The smallest absolute Gasteiger partial charge is 0.267 e. The molecule has 0 unspecified atom stereocenters. The fraction of sp³-hybridized carbons (Fsp3) is 0.0513. The second-order valence-electron chi connectivity index (χ2n) is 10.9. The Hall–Kier alpha value is -5.77. The molecule has 7 nitrogen and oxygen atoms in total. The van der Waals surface area contributed by atoms with Crippen molar-refractivity contribution in [3.63, 3.8) is 0 Å². The first-order chi connectivity index (χ1) is 23.4. The van der Waals surface area contributed by atoms with Crippen LogP contribution in [0.15, 0.2) is 115 Å². The van der Waals surface area contributed by atoms with E-state index < -0.39 is 0 Å². The first-order valence-electron chi connectivity index (χ1n) is 15.0. The summed E-state index contributed by atoms with van der Waals surface area (Å²) in [6.45, 7) is 0. The molecule has 0 spiro atoms. The maximum Gasteiger partial charge on any atom is 0.267 e. The summed E-state index contributed by atoms with van der Waals surface area (Å²) in [6, 6.07) is 32.6. The number of benzene rings is 4. The Bertz CT molecular complexity index is 2340. The van der Waals surface area contributed by atoms with Crippen LogP contribution in [0.1, 0.15) is 24.9 Å². The number of rotatable bonds is 9.